The zero-order valence-electron chi connectivity index (χ0n) is 27.2. The van der Waals surface area contributed by atoms with Crippen molar-refractivity contribution in [3.05, 3.63) is 85.2 Å². The van der Waals surface area contributed by atoms with E-state index in [2.05, 4.69) is 48.5 Å². The van der Waals surface area contributed by atoms with Crippen LogP contribution in [0.4, 0.5) is 11.4 Å². The fourth-order valence-corrected chi connectivity index (χ4v) is 7.72. The van der Waals surface area contributed by atoms with E-state index in [9.17, 15) is 24.0 Å². The number of halogens is 1. The lowest BCUT2D eigenvalue weighted by Crippen LogP contribution is -2.48. The van der Waals surface area contributed by atoms with E-state index in [1.54, 1.807) is 19.3 Å². The predicted octanol–water partition coefficient (Wildman–Crippen LogP) is 2.29. The van der Waals surface area contributed by atoms with Crippen molar-refractivity contribution >= 4 is 56.1 Å². The Morgan fingerprint density at radius 3 is 2.49 bits per heavy atom. The van der Waals surface area contributed by atoms with Crippen LogP contribution in [0.25, 0.3) is 11.1 Å². The summed E-state index contributed by atoms with van der Waals surface area (Å²) < 4.78 is 8.75. The van der Waals surface area contributed by atoms with Crippen LogP contribution in [-0.2, 0) is 16.6 Å². The van der Waals surface area contributed by atoms with Gasteiger partial charge in [0.15, 0.2) is 5.58 Å². The number of imide groups is 1. The zero-order valence-corrected chi connectivity index (χ0v) is 28.8. The van der Waals surface area contributed by atoms with Crippen LogP contribution in [0.5, 0.6) is 0 Å². The van der Waals surface area contributed by atoms with E-state index in [1.807, 2.05) is 41.3 Å². The Hall–Kier alpha value is -4.76. The smallest absolute Gasteiger partial charge is 0.405 e. The Morgan fingerprint density at radius 1 is 1.00 bits per heavy atom. The fraction of sp³-hybridized carbons (Fsp3) is 0.412. The van der Waals surface area contributed by atoms with Crippen molar-refractivity contribution in [2.45, 2.75) is 37.3 Å². The molecular weight excluding hydrogens is 696 g/mol. The summed E-state index contributed by atoms with van der Waals surface area (Å²) in [5.41, 5.74) is 3.86. The third-order valence-corrected chi connectivity index (χ3v) is 10.5. The van der Waals surface area contributed by atoms with E-state index in [1.165, 1.54) is 9.25 Å². The van der Waals surface area contributed by atoms with Gasteiger partial charge >= 0.3 is 5.76 Å². The van der Waals surface area contributed by atoms with Crippen molar-refractivity contribution in [2.75, 3.05) is 56.5 Å². The van der Waals surface area contributed by atoms with E-state index >= 15 is 0 Å². The van der Waals surface area contributed by atoms with Crippen LogP contribution in [0.15, 0.2) is 67.1 Å². The number of benzene rings is 2. The summed E-state index contributed by atoms with van der Waals surface area (Å²) in [4.78, 5) is 69.1. The first kappa shape index (κ1) is 32.8. The highest BCUT2D eigenvalue weighted by molar-refractivity contribution is 9.10. The molecule has 256 valence electrons. The van der Waals surface area contributed by atoms with Gasteiger partial charge in [-0.3, -0.25) is 29.1 Å². The van der Waals surface area contributed by atoms with Crippen LogP contribution >= 0.6 is 15.9 Å². The van der Waals surface area contributed by atoms with E-state index in [4.69, 9.17) is 4.42 Å². The molecule has 2 N–H and O–H groups in total. The molecular formula is C34H37BrN8O6. The first-order chi connectivity index (χ1) is 23.6. The number of likely N-dealkylation sites (N-methyl/N-ethyl adjacent to an activating group) is 1. The number of aromatic nitrogens is 3. The lowest BCUT2D eigenvalue weighted by molar-refractivity contribution is -0.135. The van der Waals surface area contributed by atoms with Crippen LogP contribution < -0.4 is 26.8 Å². The Kier molecular flexibility index (Phi) is 8.88. The van der Waals surface area contributed by atoms with E-state index in [-0.39, 0.29) is 42.2 Å². The number of aryl methyl sites for hydroxylation is 1. The summed E-state index contributed by atoms with van der Waals surface area (Å²) >= 11 is 3.41. The van der Waals surface area contributed by atoms with Gasteiger partial charge in [0, 0.05) is 64.3 Å². The second-order valence-electron chi connectivity index (χ2n) is 13.0. The van der Waals surface area contributed by atoms with Crippen LogP contribution in [0, 0.1) is 0 Å². The van der Waals surface area contributed by atoms with Crippen molar-refractivity contribution in [1.29, 1.82) is 0 Å². The SMILES string of the molecule is CN1C[C@H](Nc2cnn(C)c(=O)c2Br)C[C@H](c2ccc(C(=O)N3CCN(c4cccc5c4oc(=O)n5C4CCC(=O)NC4=O)CC3)cc2)C1. The number of para-hydroxylation sites is 1. The summed E-state index contributed by atoms with van der Waals surface area (Å²) in [5, 5.41) is 9.94. The lowest BCUT2D eigenvalue weighted by atomic mass is 9.87. The van der Waals surface area contributed by atoms with Crippen molar-refractivity contribution in [3.63, 3.8) is 0 Å². The van der Waals surface area contributed by atoms with Crippen LogP contribution in [0.3, 0.4) is 0 Å². The van der Waals surface area contributed by atoms with Gasteiger partial charge in [-0.1, -0.05) is 18.2 Å². The molecule has 14 nitrogen and oxygen atoms in total. The number of rotatable bonds is 6. The number of hydrogen-bond donors (Lipinski definition) is 2. The molecule has 3 saturated heterocycles. The highest BCUT2D eigenvalue weighted by Crippen LogP contribution is 2.32. The van der Waals surface area contributed by atoms with Crippen molar-refractivity contribution in [1.82, 2.24) is 29.5 Å². The van der Waals surface area contributed by atoms with Gasteiger partial charge in [0.2, 0.25) is 11.8 Å². The topological polar surface area (TPSA) is 155 Å². The minimum Gasteiger partial charge on any atom is -0.405 e. The summed E-state index contributed by atoms with van der Waals surface area (Å²) in [6, 6.07) is 12.6. The first-order valence-electron chi connectivity index (χ1n) is 16.4. The Morgan fingerprint density at radius 2 is 1.76 bits per heavy atom. The number of piperazine rings is 1. The lowest BCUT2D eigenvalue weighted by Gasteiger charge is -2.37. The molecule has 15 heteroatoms. The monoisotopic (exact) mass is 732 g/mol. The highest BCUT2D eigenvalue weighted by atomic mass is 79.9. The van der Waals surface area contributed by atoms with Gasteiger partial charge in [-0.05, 0) is 71.6 Å². The second-order valence-corrected chi connectivity index (χ2v) is 13.8. The minimum absolute atomic E-state index is 0.0386. The maximum Gasteiger partial charge on any atom is 0.420 e. The minimum atomic E-state index is -0.814. The normalized spacial score (nSPS) is 22.0. The number of piperidine rings is 2. The van der Waals surface area contributed by atoms with Gasteiger partial charge in [0.25, 0.3) is 11.5 Å². The standard InChI is InChI=1S/C34H37BrN8O6/c1-39-18-22(16-23(19-39)37-24-17-36-40(2)33(47)29(24)35)20-6-8-21(9-7-20)32(46)42-14-12-41(13-15-42)25-4-3-5-26-30(25)49-34(48)43(26)27-10-11-28(44)38-31(27)45/h3-9,17,22-23,27,37H,10-16,18-19H2,1-2H3,(H,38,44,45)/t22-,23+,27?/m0/s1. The highest BCUT2D eigenvalue weighted by Gasteiger charge is 2.33. The Bertz CT molecular complexity index is 2050. The van der Waals surface area contributed by atoms with E-state index < -0.39 is 17.7 Å². The molecule has 49 heavy (non-hydrogen) atoms. The molecule has 0 bridgehead atoms. The quantitative estimate of drug-likeness (QED) is 0.282. The molecule has 1 unspecified atom stereocenters. The van der Waals surface area contributed by atoms with Gasteiger partial charge in [-0.2, -0.15) is 5.10 Å². The molecule has 3 amide bonds. The summed E-state index contributed by atoms with van der Waals surface area (Å²) in [6.45, 7) is 3.77. The maximum absolute atomic E-state index is 13.5. The summed E-state index contributed by atoms with van der Waals surface area (Å²) in [7, 11) is 3.70. The second kappa shape index (κ2) is 13.3. The number of carbonyl (C=O) groups is 3. The van der Waals surface area contributed by atoms with Crippen molar-refractivity contribution in [2.24, 2.45) is 7.05 Å². The first-order valence-corrected chi connectivity index (χ1v) is 17.2. The molecule has 3 aliphatic heterocycles. The summed E-state index contributed by atoms with van der Waals surface area (Å²) in [5.74, 6) is -1.30. The third-order valence-electron chi connectivity index (χ3n) is 9.75. The molecule has 0 radical (unpaired) electrons. The molecule has 0 aliphatic carbocycles. The molecule has 3 fully saturated rings. The van der Waals surface area contributed by atoms with Crippen LogP contribution in [-0.4, -0.2) is 94.2 Å². The van der Waals surface area contributed by atoms with Crippen molar-refractivity contribution < 1.29 is 18.8 Å². The van der Waals surface area contributed by atoms with Gasteiger partial charge in [0.1, 0.15) is 10.5 Å². The molecule has 3 aliphatic rings. The van der Waals surface area contributed by atoms with Crippen LogP contribution in [0.2, 0.25) is 0 Å². The van der Waals surface area contributed by atoms with Gasteiger partial charge < -0.3 is 24.4 Å². The van der Waals surface area contributed by atoms with Gasteiger partial charge in [0.05, 0.1) is 23.1 Å². The molecule has 3 atom stereocenters. The molecule has 0 spiro atoms. The molecule has 0 saturated carbocycles. The molecule has 5 heterocycles. The predicted molar refractivity (Wildman–Crippen MR) is 186 cm³/mol. The third kappa shape index (κ3) is 6.39. The van der Waals surface area contributed by atoms with Gasteiger partial charge in [-0.25, -0.2) is 9.48 Å². The Balaban J connectivity index is 0.995. The Labute approximate surface area is 289 Å². The number of nitrogens with one attached hydrogen (secondary N) is 2. The number of fused-ring (bicyclic) bond motifs is 1. The average Bonchev–Trinajstić information content (AvgIpc) is 3.43. The largest absolute Gasteiger partial charge is 0.420 e. The number of likely N-dealkylation sites (tertiary alicyclic amines) is 1. The average molecular weight is 734 g/mol. The summed E-state index contributed by atoms with van der Waals surface area (Å²) in [6.07, 6.45) is 2.91. The van der Waals surface area contributed by atoms with Crippen LogP contribution in [0.1, 0.15) is 47.1 Å². The maximum atomic E-state index is 13.5. The fourth-order valence-electron chi connectivity index (χ4n) is 7.24. The molecule has 2 aromatic heterocycles. The van der Waals surface area contributed by atoms with E-state index in [0.29, 0.717) is 53.0 Å². The molecule has 2 aromatic carbocycles. The number of oxazole rings is 1. The van der Waals surface area contributed by atoms with Gasteiger partial charge in [-0.15, -0.1) is 0 Å². The number of carbonyl (C=O) groups excluding carboxylic acids is 3. The van der Waals surface area contributed by atoms with E-state index in [0.717, 1.165) is 30.8 Å². The number of amides is 3. The molecule has 4 aromatic rings. The number of nitrogens with zero attached hydrogens (tertiary/aromatic N) is 6. The molecule has 7 rings (SSSR count). The zero-order chi connectivity index (χ0) is 34.4. The van der Waals surface area contributed by atoms with Crippen molar-refractivity contribution in [3.8, 4) is 0 Å². The number of hydrogen-bond acceptors (Lipinski definition) is 10. The number of anilines is 2.